The van der Waals surface area contributed by atoms with E-state index in [1.807, 2.05) is 14.0 Å². The molecule has 0 aromatic rings. The van der Waals surface area contributed by atoms with E-state index in [0.29, 0.717) is 17.9 Å². The number of hydrogen-bond acceptors (Lipinski definition) is 2. The number of carbonyl (C=O) groups is 1. The molecule has 0 heterocycles. The van der Waals surface area contributed by atoms with Gasteiger partial charge in [0, 0.05) is 13.6 Å². The lowest BCUT2D eigenvalue weighted by Gasteiger charge is -2.27. The van der Waals surface area contributed by atoms with Gasteiger partial charge in [-0.3, -0.25) is 4.79 Å². The zero-order valence-corrected chi connectivity index (χ0v) is 11.1. The first kappa shape index (κ1) is 14.4. The van der Waals surface area contributed by atoms with Gasteiger partial charge in [0.2, 0.25) is 5.91 Å². The Kier molecular flexibility index (Phi) is 5.88. The van der Waals surface area contributed by atoms with Crippen molar-refractivity contribution in [3.8, 4) is 0 Å². The van der Waals surface area contributed by atoms with E-state index >= 15 is 0 Å². The Labute approximate surface area is 94.2 Å². The molecule has 0 bridgehead atoms. The largest absolute Gasteiger partial charge is 0.345 e. The summed E-state index contributed by atoms with van der Waals surface area (Å²) >= 11 is 0. The van der Waals surface area contributed by atoms with Crippen LogP contribution in [0.1, 0.15) is 34.6 Å². The van der Waals surface area contributed by atoms with Gasteiger partial charge in [0.25, 0.3) is 0 Å². The van der Waals surface area contributed by atoms with Crippen molar-refractivity contribution in [3.05, 3.63) is 0 Å². The zero-order valence-electron chi connectivity index (χ0n) is 11.1. The van der Waals surface area contributed by atoms with Gasteiger partial charge in [-0.05, 0) is 24.8 Å². The standard InChI is InChI=1S/C12H26N2O/c1-7-14(6)11(15)9-13-8-10(2)12(3,4)5/h10,13H,7-9H2,1-6H3. The Hall–Kier alpha value is -0.570. The smallest absolute Gasteiger partial charge is 0.236 e. The summed E-state index contributed by atoms with van der Waals surface area (Å²) in [5.41, 5.74) is 0.298. The van der Waals surface area contributed by atoms with Crippen LogP contribution in [0.4, 0.5) is 0 Å². The molecule has 0 aliphatic carbocycles. The summed E-state index contributed by atoms with van der Waals surface area (Å²) in [5.74, 6) is 0.732. The summed E-state index contributed by atoms with van der Waals surface area (Å²) in [7, 11) is 1.83. The summed E-state index contributed by atoms with van der Waals surface area (Å²) in [6, 6.07) is 0. The predicted molar refractivity (Wildman–Crippen MR) is 64.8 cm³/mol. The molecule has 0 aromatic carbocycles. The monoisotopic (exact) mass is 214 g/mol. The number of nitrogens with one attached hydrogen (secondary N) is 1. The molecule has 0 spiro atoms. The van der Waals surface area contributed by atoms with Gasteiger partial charge in [0.15, 0.2) is 0 Å². The number of nitrogens with zero attached hydrogens (tertiary/aromatic N) is 1. The first-order valence-electron chi connectivity index (χ1n) is 5.73. The van der Waals surface area contributed by atoms with Crippen LogP contribution in [0.2, 0.25) is 0 Å². The van der Waals surface area contributed by atoms with E-state index in [0.717, 1.165) is 13.1 Å². The molecule has 1 unspecified atom stereocenters. The fourth-order valence-electron chi connectivity index (χ4n) is 1.01. The lowest BCUT2D eigenvalue weighted by Crippen LogP contribution is -2.38. The van der Waals surface area contributed by atoms with Gasteiger partial charge in [-0.2, -0.15) is 0 Å². The summed E-state index contributed by atoms with van der Waals surface area (Å²) in [6.07, 6.45) is 0. The fourth-order valence-corrected chi connectivity index (χ4v) is 1.01. The normalized spacial score (nSPS) is 13.7. The van der Waals surface area contributed by atoms with Gasteiger partial charge >= 0.3 is 0 Å². The lowest BCUT2D eigenvalue weighted by molar-refractivity contribution is -0.128. The van der Waals surface area contributed by atoms with E-state index in [4.69, 9.17) is 0 Å². The molecule has 0 rings (SSSR count). The van der Waals surface area contributed by atoms with Crippen LogP contribution in [0.25, 0.3) is 0 Å². The van der Waals surface area contributed by atoms with Gasteiger partial charge in [0.1, 0.15) is 0 Å². The van der Waals surface area contributed by atoms with E-state index in [1.165, 1.54) is 0 Å². The van der Waals surface area contributed by atoms with Crippen molar-refractivity contribution >= 4 is 5.91 Å². The number of hydrogen-bond donors (Lipinski definition) is 1. The predicted octanol–water partition coefficient (Wildman–Crippen LogP) is 1.74. The third-order valence-corrected chi connectivity index (χ3v) is 3.11. The zero-order chi connectivity index (χ0) is 12.1. The van der Waals surface area contributed by atoms with Crippen molar-refractivity contribution in [2.24, 2.45) is 11.3 Å². The molecule has 3 nitrogen and oxygen atoms in total. The van der Waals surface area contributed by atoms with E-state index in [9.17, 15) is 4.79 Å². The van der Waals surface area contributed by atoms with Crippen LogP contribution in [0.3, 0.4) is 0 Å². The molecule has 1 atom stereocenters. The molecular formula is C12H26N2O. The average molecular weight is 214 g/mol. The second-order valence-electron chi connectivity index (χ2n) is 5.31. The molecule has 0 radical (unpaired) electrons. The number of carbonyl (C=O) groups excluding carboxylic acids is 1. The molecule has 1 N–H and O–H groups in total. The third kappa shape index (κ3) is 5.78. The molecular weight excluding hydrogens is 188 g/mol. The third-order valence-electron chi connectivity index (χ3n) is 3.11. The van der Waals surface area contributed by atoms with Crippen molar-refractivity contribution in [1.82, 2.24) is 10.2 Å². The van der Waals surface area contributed by atoms with E-state index < -0.39 is 0 Å². The van der Waals surface area contributed by atoms with Gasteiger partial charge in [0.05, 0.1) is 6.54 Å². The highest BCUT2D eigenvalue weighted by Crippen LogP contribution is 2.24. The van der Waals surface area contributed by atoms with Crippen molar-refractivity contribution in [2.75, 3.05) is 26.7 Å². The maximum atomic E-state index is 11.5. The summed E-state index contributed by atoms with van der Waals surface area (Å²) < 4.78 is 0. The average Bonchev–Trinajstić information content (AvgIpc) is 2.14. The Morgan fingerprint density at radius 2 is 1.93 bits per heavy atom. The van der Waals surface area contributed by atoms with Crippen molar-refractivity contribution in [1.29, 1.82) is 0 Å². The highest BCUT2D eigenvalue weighted by atomic mass is 16.2. The molecule has 0 saturated heterocycles. The number of likely N-dealkylation sites (N-methyl/N-ethyl adjacent to an activating group) is 1. The van der Waals surface area contributed by atoms with Crippen LogP contribution in [-0.4, -0.2) is 37.5 Å². The summed E-state index contributed by atoms with van der Waals surface area (Å²) in [5, 5.41) is 3.22. The minimum Gasteiger partial charge on any atom is -0.345 e. The van der Waals surface area contributed by atoms with Crippen molar-refractivity contribution in [2.45, 2.75) is 34.6 Å². The molecule has 15 heavy (non-hydrogen) atoms. The van der Waals surface area contributed by atoms with Gasteiger partial charge in [-0.15, -0.1) is 0 Å². The van der Waals surface area contributed by atoms with E-state index in [2.05, 4.69) is 33.0 Å². The van der Waals surface area contributed by atoms with Crippen LogP contribution < -0.4 is 5.32 Å². The van der Waals surface area contributed by atoms with Crippen LogP contribution in [-0.2, 0) is 4.79 Å². The highest BCUT2D eigenvalue weighted by Gasteiger charge is 2.19. The van der Waals surface area contributed by atoms with Crippen LogP contribution in [0.5, 0.6) is 0 Å². The Bertz CT molecular complexity index is 196. The molecule has 0 saturated carbocycles. The van der Waals surface area contributed by atoms with Crippen LogP contribution in [0.15, 0.2) is 0 Å². The second-order valence-corrected chi connectivity index (χ2v) is 5.31. The molecule has 1 amide bonds. The van der Waals surface area contributed by atoms with E-state index in [1.54, 1.807) is 4.90 Å². The minimum absolute atomic E-state index is 0.165. The molecule has 3 heteroatoms. The fraction of sp³-hybridized carbons (Fsp3) is 0.917. The second kappa shape index (κ2) is 6.11. The first-order valence-corrected chi connectivity index (χ1v) is 5.73. The summed E-state index contributed by atoms with van der Waals surface area (Å²) in [4.78, 5) is 13.2. The Balaban J connectivity index is 3.76. The molecule has 0 fully saturated rings. The van der Waals surface area contributed by atoms with Gasteiger partial charge < -0.3 is 10.2 Å². The quantitative estimate of drug-likeness (QED) is 0.756. The summed E-state index contributed by atoms with van der Waals surface area (Å²) in [6.45, 7) is 13.0. The Morgan fingerprint density at radius 1 is 1.40 bits per heavy atom. The maximum Gasteiger partial charge on any atom is 0.236 e. The van der Waals surface area contributed by atoms with Crippen molar-refractivity contribution < 1.29 is 4.79 Å². The Morgan fingerprint density at radius 3 is 2.33 bits per heavy atom. The van der Waals surface area contributed by atoms with E-state index in [-0.39, 0.29) is 5.91 Å². The maximum absolute atomic E-state index is 11.5. The minimum atomic E-state index is 0.165. The number of rotatable bonds is 5. The van der Waals surface area contributed by atoms with Crippen LogP contribution >= 0.6 is 0 Å². The molecule has 90 valence electrons. The SMILES string of the molecule is CCN(C)C(=O)CNCC(C)C(C)(C)C. The topological polar surface area (TPSA) is 32.3 Å². The van der Waals surface area contributed by atoms with Gasteiger partial charge in [-0.25, -0.2) is 0 Å². The van der Waals surface area contributed by atoms with Crippen LogP contribution in [0, 0.1) is 11.3 Å². The van der Waals surface area contributed by atoms with Gasteiger partial charge in [-0.1, -0.05) is 27.7 Å². The molecule has 0 aromatic heterocycles. The first-order chi connectivity index (χ1) is 6.79. The lowest BCUT2D eigenvalue weighted by atomic mass is 9.82. The molecule has 0 aliphatic rings. The highest BCUT2D eigenvalue weighted by molar-refractivity contribution is 5.77. The van der Waals surface area contributed by atoms with Crippen molar-refractivity contribution in [3.63, 3.8) is 0 Å². The molecule has 0 aliphatic heterocycles. The number of amides is 1.